The van der Waals surface area contributed by atoms with Gasteiger partial charge in [0.15, 0.2) is 0 Å². The summed E-state index contributed by atoms with van der Waals surface area (Å²) in [5.74, 6) is -1.18. The highest BCUT2D eigenvalue weighted by molar-refractivity contribution is 7.89. The molecule has 132 valence electrons. The van der Waals surface area contributed by atoms with Crippen LogP contribution in [-0.2, 0) is 19.6 Å². The highest BCUT2D eigenvalue weighted by Gasteiger charge is 2.33. The van der Waals surface area contributed by atoms with E-state index in [0.29, 0.717) is 12.8 Å². The first kappa shape index (κ1) is 18.2. The third-order valence-corrected chi connectivity index (χ3v) is 5.96. The number of methoxy groups -OCH3 is 2. The summed E-state index contributed by atoms with van der Waals surface area (Å²) in [6.07, 6.45) is 0.787. The third kappa shape index (κ3) is 3.51. The summed E-state index contributed by atoms with van der Waals surface area (Å²) in [5.41, 5.74) is 5.27. The van der Waals surface area contributed by atoms with E-state index in [1.807, 2.05) is 0 Å². The molecule has 0 aromatic heterocycles. The molecule has 1 fully saturated rings. The molecule has 0 aliphatic carbocycles. The maximum Gasteiger partial charge on any atom is 0.308 e. The van der Waals surface area contributed by atoms with Crippen molar-refractivity contribution in [3.05, 3.63) is 23.8 Å². The molecule has 1 aliphatic rings. The summed E-state index contributed by atoms with van der Waals surface area (Å²) in [4.78, 5) is 23.0. The van der Waals surface area contributed by atoms with E-state index in [2.05, 4.69) is 0 Å². The first-order valence-electron chi connectivity index (χ1n) is 7.37. The van der Waals surface area contributed by atoms with E-state index in [4.69, 9.17) is 15.2 Å². The van der Waals surface area contributed by atoms with Crippen LogP contribution in [0.5, 0.6) is 5.75 Å². The molecule has 0 spiro atoms. The molecule has 2 rings (SSSR count). The van der Waals surface area contributed by atoms with Crippen molar-refractivity contribution in [3.8, 4) is 5.75 Å². The lowest BCUT2D eigenvalue weighted by molar-refractivity contribution is -0.146. The molecule has 1 saturated heterocycles. The lowest BCUT2D eigenvalue weighted by atomic mass is 9.99. The summed E-state index contributed by atoms with van der Waals surface area (Å²) in [5, 5.41) is 0. The van der Waals surface area contributed by atoms with E-state index in [1.165, 1.54) is 36.7 Å². The van der Waals surface area contributed by atoms with Gasteiger partial charge in [-0.25, -0.2) is 8.42 Å². The highest BCUT2D eigenvalue weighted by Crippen LogP contribution is 2.27. The molecule has 0 saturated carbocycles. The number of rotatable bonds is 5. The SMILES string of the molecule is COC(=O)C1CCN(S(=O)(=O)c2ccc(OC)c(C(N)=O)c2)CC1. The summed E-state index contributed by atoms with van der Waals surface area (Å²) < 4.78 is 36.4. The number of amides is 1. The number of piperidine rings is 1. The number of hydrogen-bond donors (Lipinski definition) is 1. The number of nitrogens with zero attached hydrogens (tertiary/aromatic N) is 1. The summed E-state index contributed by atoms with van der Waals surface area (Å²) in [6.45, 7) is 0.417. The van der Waals surface area contributed by atoms with Crippen LogP contribution in [0.4, 0.5) is 0 Å². The van der Waals surface area contributed by atoms with Gasteiger partial charge >= 0.3 is 5.97 Å². The maximum absolute atomic E-state index is 12.7. The van der Waals surface area contributed by atoms with Crippen LogP contribution in [-0.4, -0.2) is 51.9 Å². The number of carbonyl (C=O) groups excluding carboxylic acids is 2. The molecule has 1 aromatic carbocycles. The van der Waals surface area contributed by atoms with E-state index in [0.717, 1.165) is 0 Å². The smallest absolute Gasteiger partial charge is 0.308 e. The van der Waals surface area contributed by atoms with Crippen molar-refractivity contribution in [1.29, 1.82) is 0 Å². The molecule has 0 bridgehead atoms. The van der Waals surface area contributed by atoms with Crippen molar-refractivity contribution >= 4 is 21.9 Å². The van der Waals surface area contributed by atoms with Crippen LogP contribution in [0, 0.1) is 5.92 Å². The molecular formula is C15H20N2O6S. The number of nitrogens with two attached hydrogens (primary N) is 1. The Bertz CT molecular complexity index is 738. The van der Waals surface area contributed by atoms with Crippen molar-refractivity contribution in [2.45, 2.75) is 17.7 Å². The first-order valence-corrected chi connectivity index (χ1v) is 8.81. The summed E-state index contributed by atoms with van der Waals surface area (Å²) in [7, 11) is -1.10. The van der Waals surface area contributed by atoms with Crippen molar-refractivity contribution in [1.82, 2.24) is 4.31 Å². The van der Waals surface area contributed by atoms with Crippen molar-refractivity contribution in [2.75, 3.05) is 27.3 Å². The fourth-order valence-electron chi connectivity index (χ4n) is 2.69. The van der Waals surface area contributed by atoms with Gasteiger partial charge in [0.2, 0.25) is 10.0 Å². The van der Waals surface area contributed by atoms with Crippen LogP contribution >= 0.6 is 0 Å². The van der Waals surface area contributed by atoms with Gasteiger partial charge in [0, 0.05) is 13.1 Å². The van der Waals surface area contributed by atoms with Crippen molar-refractivity contribution in [3.63, 3.8) is 0 Å². The second-order valence-corrected chi connectivity index (χ2v) is 7.37. The van der Waals surface area contributed by atoms with Crippen LogP contribution in [0.1, 0.15) is 23.2 Å². The Hall–Kier alpha value is -2.13. The second-order valence-electron chi connectivity index (χ2n) is 5.43. The molecule has 0 radical (unpaired) electrons. The largest absolute Gasteiger partial charge is 0.496 e. The number of ether oxygens (including phenoxy) is 2. The van der Waals surface area contributed by atoms with Gasteiger partial charge < -0.3 is 15.2 Å². The molecule has 24 heavy (non-hydrogen) atoms. The molecular weight excluding hydrogens is 336 g/mol. The van der Waals surface area contributed by atoms with Crippen molar-refractivity contribution < 1.29 is 27.5 Å². The van der Waals surface area contributed by atoms with E-state index in [9.17, 15) is 18.0 Å². The second kappa shape index (κ2) is 7.18. The number of sulfonamides is 1. The van der Waals surface area contributed by atoms with Crippen LogP contribution in [0.2, 0.25) is 0 Å². The first-order chi connectivity index (χ1) is 11.3. The number of hydrogen-bond acceptors (Lipinski definition) is 6. The Morgan fingerprint density at radius 2 is 1.83 bits per heavy atom. The maximum atomic E-state index is 12.7. The van der Waals surface area contributed by atoms with Gasteiger partial charge in [-0.3, -0.25) is 9.59 Å². The number of esters is 1. The lowest BCUT2D eigenvalue weighted by Crippen LogP contribution is -2.40. The van der Waals surface area contributed by atoms with Gasteiger partial charge in [-0.15, -0.1) is 0 Å². The molecule has 9 heteroatoms. The topological polar surface area (TPSA) is 116 Å². The minimum absolute atomic E-state index is 0.00280. The van der Waals surface area contributed by atoms with Gasteiger partial charge in [0.25, 0.3) is 5.91 Å². The van der Waals surface area contributed by atoms with Gasteiger partial charge in [-0.1, -0.05) is 0 Å². The standard InChI is InChI=1S/C15H20N2O6S/c1-22-13-4-3-11(9-12(13)14(16)18)24(20,21)17-7-5-10(6-8-17)15(19)23-2/h3-4,9-10H,5-8H2,1-2H3,(H2,16,18). The molecule has 1 aromatic rings. The summed E-state index contributed by atoms with van der Waals surface area (Å²) in [6, 6.07) is 3.98. The molecule has 0 unspecified atom stereocenters. The lowest BCUT2D eigenvalue weighted by Gasteiger charge is -2.30. The highest BCUT2D eigenvalue weighted by atomic mass is 32.2. The molecule has 1 heterocycles. The van der Waals surface area contributed by atoms with Crippen molar-refractivity contribution in [2.24, 2.45) is 11.7 Å². The third-order valence-electron chi connectivity index (χ3n) is 4.06. The Balaban J connectivity index is 2.24. The van der Waals surface area contributed by atoms with Gasteiger partial charge in [-0.05, 0) is 31.0 Å². The average molecular weight is 356 g/mol. The van der Waals surface area contributed by atoms with Gasteiger partial charge in [0.05, 0.1) is 30.6 Å². The van der Waals surface area contributed by atoms with E-state index < -0.39 is 15.9 Å². The zero-order valence-electron chi connectivity index (χ0n) is 13.5. The zero-order valence-corrected chi connectivity index (χ0v) is 14.3. The van der Waals surface area contributed by atoms with Gasteiger partial charge in [-0.2, -0.15) is 4.31 Å². The van der Waals surface area contributed by atoms with Crippen LogP contribution in [0.15, 0.2) is 23.1 Å². The Labute approximate surface area is 140 Å². The molecule has 0 atom stereocenters. The minimum atomic E-state index is -3.78. The molecule has 2 N–H and O–H groups in total. The predicted molar refractivity (Wildman–Crippen MR) is 85.0 cm³/mol. The van der Waals surface area contributed by atoms with E-state index in [-0.39, 0.29) is 41.2 Å². The molecule has 8 nitrogen and oxygen atoms in total. The Morgan fingerprint density at radius 1 is 1.21 bits per heavy atom. The monoisotopic (exact) mass is 356 g/mol. The number of carbonyl (C=O) groups is 2. The summed E-state index contributed by atoms with van der Waals surface area (Å²) >= 11 is 0. The normalized spacial score (nSPS) is 16.6. The number of primary amides is 1. The minimum Gasteiger partial charge on any atom is -0.496 e. The Morgan fingerprint density at radius 3 is 2.33 bits per heavy atom. The van der Waals surface area contributed by atoms with E-state index >= 15 is 0 Å². The van der Waals surface area contributed by atoms with E-state index in [1.54, 1.807) is 0 Å². The van der Waals surface area contributed by atoms with Crippen LogP contribution < -0.4 is 10.5 Å². The number of benzene rings is 1. The fourth-order valence-corrected chi connectivity index (χ4v) is 4.18. The fraction of sp³-hybridized carbons (Fsp3) is 0.467. The molecule has 1 aliphatic heterocycles. The Kier molecular flexibility index (Phi) is 5.45. The van der Waals surface area contributed by atoms with Gasteiger partial charge in [0.1, 0.15) is 5.75 Å². The molecule has 1 amide bonds. The van der Waals surface area contributed by atoms with Crippen LogP contribution in [0.3, 0.4) is 0 Å². The zero-order chi connectivity index (χ0) is 17.9. The van der Waals surface area contributed by atoms with Crippen LogP contribution in [0.25, 0.3) is 0 Å². The predicted octanol–water partition coefficient (Wildman–Crippen LogP) is 0.368. The average Bonchev–Trinajstić information content (AvgIpc) is 2.60. The quantitative estimate of drug-likeness (QED) is 0.762.